The fraction of sp³-hybridized carbons (Fsp3) is 0.562. The van der Waals surface area contributed by atoms with Crippen molar-refractivity contribution in [1.29, 1.82) is 0 Å². The third-order valence-corrected chi connectivity index (χ3v) is 3.56. The van der Waals surface area contributed by atoms with Gasteiger partial charge in [-0.3, -0.25) is 4.79 Å². The van der Waals surface area contributed by atoms with Crippen molar-refractivity contribution < 1.29 is 14.6 Å². The van der Waals surface area contributed by atoms with Gasteiger partial charge in [0.15, 0.2) is 6.61 Å². The fourth-order valence-electron chi connectivity index (χ4n) is 1.77. The van der Waals surface area contributed by atoms with E-state index < -0.39 is 5.54 Å². The van der Waals surface area contributed by atoms with Crippen molar-refractivity contribution in [2.45, 2.75) is 39.2 Å². The molecule has 0 aromatic heterocycles. The molecular weight excluding hydrogens is 254 g/mol. The first-order valence-corrected chi connectivity index (χ1v) is 6.89. The van der Waals surface area contributed by atoms with Crippen LogP contribution in [0.25, 0.3) is 0 Å². The van der Waals surface area contributed by atoms with Crippen LogP contribution in [0.1, 0.15) is 39.2 Å². The molecule has 0 fully saturated rings. The summed E-state index contributed by atoms with van der Waals surface area (Å²) in [6, 6.07) is 7.74. The van der Waals surface area contributed by atoms with Gasteiger partial charge < -0.3 is 14.7 Å². The minimum absolute atomic E-state index is 0.0241. The number of carbonyl (C=O) groups excluding carboxylic acids is 1. The number of amides is 1. The van der Waals surface area contributed by atoms with Crippen LogP contribution in [0.4, 0.5) is 0 Å². The first kappa shape index (κ1) is 16.5. The Morgan fingerprint density at radius 1 is 1.35 bits per heavy atom. The Kier molecular flexibility index (Phi) is 5.57. The lowest BCUT2D eigenvalue weighted by atomic mass is 10.0. The van der Waals surface area contributed by atoms with Gasteiger partial charge in [-0.05, 0) is 31.4 Å². The molecule has 4 heteroatoms. The van der Waals surface area contributed by atoms with E-state index in [1.807, 2.05) is 38.1 Å². The Hall–Kier alpha value is -1.55. The van der Waals surface area contributed by atoms with Gasteiger partial charge in [-0.25, -0.2) is 0 Å². The average Bonchev–Trinajstić information content (AvgIpc) is 2.43. The molecule has 0 aliphatic carbocycles. The SMILES string of the molecule is CC(C)c1ccccc1OCC(=O)N(C)C(C)(C)CO. The second-order valence-electron chi connectivity index (χ2n) is 5.90. The fourth-order valence-corrected chi connectivity index (χ4v) is 1.77. The van der Waals surface area contributed by atoms with E-state index in [9.17, 15) is 9.90 Å². The maximum atomic E-state index is 12.1. The van der Waals surface area contributed by atoms with Gasteiger partial charge in [-0.1, -0.05) is 32.0 Å². The van der Waals surface area contributed by atoms with Crippen molar-refractivity contribution in [3.05, 3.63) is 29.8 Å². The van der Waals surface area contributed by atoms with E-state index in [-0.39, 0.29) is 19.1 Å². The van der Waals surface area contributed by atoms with E-state index in [0.29, 0.717) is 5.92 Å². The van der Waals surface area contributed by atoms with Crippen molar-refractivity contribution in [3.63, 3.8) is 0 Å². The van der Waals surface area contributed by atoms with Crippen LogP contribution in [-0.4, -0.2) is 41.7 Å². The number of rotatable bonds is 6. The molecule has 0 aliphatic rings. The van der Waals surface area contributed by atoms with E-state index in [4.69, 9.17) is 4.74 Å². The van der Waals surface area contributed by atoms with Crippen molar-refractivity contribution in [2.75, 3.05) is 20.3 Å². The van der Waals surface area contributed by atoms with E-state index in [1.165, 1.54) is 4.90 Å². The van der Waals surface area contributed by atoms with Crippen molar-refractivity contribution >= 4 is 5.91 Å². The number of hydrogen-bond donors (Lipinski definition) is 1. The van der Waals surface area contributed by atoms with E-state index in [0.717, 1.165) is 11.3 Å². The highest BCUT2D eigenvalue weighted by molar-refractivity contribution is 5.78. The molecule has 0 atom stereocenters. The number of likely N-dealkylation sites (N-methyl/N-ethyl adjacent to an activating group) is 1. The molecular formula is C16H25NO3. The molecule has 0 bridgehead atoms. The summed E-state index contributed by atoms with van der Waals surface area (Å²) >= 11 is 0. The molecule has 0 radical (unpaired) electrons. The first-order chi connectivity index (χ1) is 9.29. The zero-order valence-electron chi connectivity index (χ0n) is 13.0. The number of aliphatic hydroxyl groups is 1. The van der Waals surface area contributed by atoms with Crippen LogP contribution < -0.4 is 4.74 Å². The summed E-state index contributed by atoms with van der Waals surface area (Å²) < 4.78 is 5.65. The highest BCUT2D eigenvalue weighted by Gasteiger charge is 2.27. The maximum Gasteiger partial charge on any atom is 0.260 e. The average molecular weight is 279 g/mol. The van der Waals surface area contributed by atoms with Crippen LogP contribution >= 0.6 is 0 Å². The second-order valence-corrected chi connectivity index (χ2v) is 5.90. The Bertz CT molecular complexity index is 455. The summed E-state index contributed by atoms with van der Waals surface area (Å²) in [6.45, 7) is 7.69. The van der Waals surface area contributed by atoms with Crippen molar-refractivity contribution in [3.8, 4) is 5.75 Å². The smallest absolute Gasteiger partial charge is 0.260 e. The maximum absolute atomic E-state index is 12.1. The zero-order chi connectivity index (χ0) is 15.3. The predicted molar refractivity (Wildman–Crippen MR) is 80.0 cm³/mol. The van der Waals surface area contributed by atoms with Gasteiger partial charge in [-0.2, -0.15) is 0 Å². The van der Waals surface area contributed by atoms with Gasteiger partial charge in [0.2, 0.25) is 0 Å². The molecule has 0 unspecified atom stereocenters. The van der Waals surface area contributed by atoms with E-state index in [1.54, 1.807) is 7.05 Å². The quantitative estimate of drug-likeness (QED) is 0.870. The lowest BCUT2D eigenvalue weighted by Crippen LogP contribution is -2.49. The molecule has 4 nitrogen and oxygen atoms in total. The number of hydrogen-bond acceptors (Lipinski definition) is 3. The van der Waals surface area contributed by atoms with E-state index >= 15 is 0 Å². The second kappa shape index (κ2) is 6.75. The molecule has 0 heterocycles. The topological polar surface area (TPSA) is 49.8 Å². The zero-order valence-corrected chi connectivity index (χ0v) is 13.0. The summed E-state index contributed by atoms with van der Waals surface area (Å²) in [5.74, 6) is 0.932. The molecule has 0 saturated heterocycles. The molecule has 1 N–H and O–H groups in total. The molecule has 20 heavy (non-hydrogen) atoms. The van der Waals surface area contributed by atoms with Crippen LogP contribution in [-0.2, 0) is 4.79 Å². The van der Waals surface area contributed by atoms with Gasteiger partial charge in [0.1, 0.15) is 5.75 Å². The van der Waals surface area contributed by atoms with Crippen LogP contribution in [0.3, 0.4) is 0 Å². The lowest BCUT2D eigenvalue weighted by molar-refractivity contribution is -0.138. The molecule has 112 valence electrons. The highest BCUT2D eigenvalue weighted by Crippen LogP contribution is 2.25. The molecule has 0 aliphatic heterocycles. The van der Waals surface area contributed by atoms with Crippen LogP contribution in [0, 0.1) is 0 Å². The van der Waals surface area contributed by atoms with Gasteiger partial charge in [0.25, 0.3) is 5.91 Å². The number of carbonyl (C=O) groups is 1. The number of para-hydroxylation sites is 1. The Balaban J connectivity index is 2.71. The highest BCUT2D eigenvalue weighted by atomic mass is 16.5. The lowest BCUT2D eigenvalue weighted by Gasteiger charge is -2.33. The van der Waals surface area contributed by atoms with Crippen molar-refractivity contribution in [2.24, 2.45) is 0 Å². The first-order valence-electron chi connectivity index (χ1n) is 6.89. The molecule has 1 rings (SSSR count). The van der Waals surface area contributed by atoms with Gasteiger partial charge in [-0.15, -0.1) is 0 Å². The third-order valence-electron chi connectivity index (χ3n) is 3.56. The van der Waals surface area contributed by atoms with Crippen LogP contribution in [0.15, 0.2) is 24.3 Å². The van der Waals surface area contributed by atoms with Crippen molar-refractivity contribution in [1.82, 2.24) is 4.90 Å². The number of benzene rings is 1. The van der Waals surface area contributed by atoms with Crippen LogP contribution in [0.5, 0.6) is 5.75 Å². The molecule has 0 spiro atoms. The molecule has 0 saturated carbocycles. The summed E-state index contributed by atoms with van der Waals surface area (Å²) in [5, 5.41) is 9.28. The Morgan fingerprint density at radius 3 is 2.50 bits per heavy atom. The Labute approximate surface area is 121 Å². The van der Waals surface area contributed by atoms with Crippen LogP contribution in [0.2, 0.25) is 0 Å². The molecule has 1 aromatic rings. The number of aliphatic hydroxyl groups excluding tert-OH is 1. The monoisotopic (exact) mass is 279 g/mol. The summed E-state index contributed by atoms with van der Waals surface area (Å²) in [7, 11) is 1.68. The minimum Gasteiger partial charge on any atom is -0.483 e. The largest absolute Gasteiger partial charge is 0.483 e. The molecule has 1 amide bonds. The summed E-state index contributed by atoms with van der Waals surface area (Å²) in [5.41, 5.74) is 0.502. The van der Waals surface area contributed by atoms with Gasteiger partial charge in [0.05, 0.1) is 12.1 Å². The number of nitrogens with zero attached hydrogens (tertiary/aromatic N) is 1. The van der Waals surface area contributed by atoms with Gasteiger partial charge in [0, 0.05) is 7.05 Å². The Morgan fingerprint density at radius 2 is 1.95 bits per heavy atom. The number of ether oxygens (including phenoxy) is 1. The standard InChI is InChI=1S/C16H25NO3/c1-12(2)13-8-6-7-9-14(13)20-10-15(19)17(5)16(3,4)11-18/h6-9,12,18H,10-11H2,1-5H3. The third kappa shape index (κ3) is 3.97. The predicted octanol–water partition coefficient (Wildman–Crippen LogP) is 2.42. The summed E-state index contributed by atoms with van der Waals surface area (Å²) in [6.07, 6.45) is 0. The van der Waals surface area contributed by atoms with Gasteiger partial charge >= 0.3 is 0 Å². The minimum atomic E-state index is -0.585. The molecule has 1 aromatic carbocycles. The summed E-state index contributed by atoms with van der Waals surface area (Å²) in [4.78, 5) is 13.6. The normalized spacial score (nSPS) is 11.6. The van der Waals surface area contributed by atoms with E-state index in [2.05, 4.69) is 13.8 Å².